The Bertz CT molecular complexity index is 455. The van der Waals surface area contributed by atoms with Crippen molar-refractivity contribution in [3.8, 4) is 11.5 Å². The summed E-state index contributed by atoms with van der Waals surface area (Å²) in [5, 5.41) is 18.9. The van der Waals surface area contributed by atoms with Gasteiger partial charge in [0.1, 0.15) is 11.5 Å². The second-order valence-corrected chi connectivity index (χ2v) is 5.25. The zero-order chi connectivity index (χ0) is 13.8. The van der Waals surface area contributed by atoms with Crippen LogP contribution < -0.4 is 0 Å². The molecule has 0 radical (unpaired) electrons. The van der Waals surface area contributed by atoms with E-state index in [9.17, 15) is 15.0 Å². The van der Waals surface area contributed by atoms with Crippen molar-refractivity contribution in [2.75, 3.05) is 19.6 Å². The fraction of sp³-hybridized carbons (Fsp3) is 0.533. The first-order valence-corrected chi connectivity index (χ1v) is 6.87. The van der Waals surface area contributed by atoms with Gasteiger partial charge in [-0.25, -0.2) is 0 Å². The van der Waals surface area contributed by atoms with Crippen molar-refractivity contribution in [2.24, 2.45) is 5.92 Å². The molecule has 0 spiro atoms. The van der Waals surface area contributed by atoms with Crippen LogP contribution in [0.1, 0.15) is 36.5 Å². The summed E-state index contributed by atoms with van der Waals surface area (Å²) in [6.45, 7) is 4.16. The van der Waals surface area contributed by atoms with Crippen LogP contribution in [0, 0.1) is 5.92 Å². The number of benzene rings is 1. The maximum absolute atomic E-state index is 12.2. The number of phenols is 2. The molecule has 104 valence electrons. The van der Waals surface area contributed by atoms with Crippen molar-refractivity contribution in [2.45, 2.75) is 26.2 Å². The molecule has 0 unspecified atom stereocenters. The Labute approximate surface area is 113 Å². The van der Waals surface area contributed by atoms with E-state index in [2.05, 4.69) is 4.90 Å². The molecule has 0 aliphatic heterocycles. The summed E-state index contributed by atoms with van der Waals surface area (Å²) in [5.41, 5.74) is 0.282. The van der Waals surface area contributed by atoms with Gasteiger partial charge in [0.05, 0.1) is 12.1 Å². The van der Waals surface area contributed by atoms with Gasteiger partial charge in [0.25, 0.3) is 0 Å². The van der Waals surface area contributed by atoms with Crippen LogP contribution >= 0.6 is 0 Å². The molecule has 1 aliphatic carbocycles. The summed E-state index contributed by atoms with van der Waals surface area (Å²) >= 11 is 0. The van der Waals surface area contributed by atoms with Gasteiger partial charge in [0.15, 0.2) is 5.78 Å². The van der Waals surface area contributed by atoms with Crippen molar-refractivity contribution in [3.05, 3.63) is 23.8 Å². The fourth-order valence-electron chi connectivity index (χ4n) is 2.39. The maximum Gasteiger partial charge on any atom is 0.180 e. The Morgan fingerprint density at radius 2 is 2.11 bits per heavy atom. The third-order valence-electron chi connectivity index (χ3n) is 3.84. The SMILES string of the molecule is CCN(CC(=O)c1ccc(O)cc1O)CC1CCC1. The Kier molecular flexibility index (Phi) is 4.43. The van der Waals surface area contributed by atoms with Crippen molar-refractivity contribution < 1.29 is 15.0 Å². The molecule has 0 aromatic heterocycles. The van der Waals surface area contributed by atoms with Crippen LogP contribution in [0.2, 0.25) is 0 Å². The number of likely N-dealkylation sites (N-methyl/N-ethyl adjacent to an activating group) is 1. The molecule has 1 fully saturated rings. The lowest BCUT2D eigenvalue weighted by Crippen LogP contribution is -2.36. The largest absolute Gasteiger partial charge is 0.508 e. The van der Waals surface area contributed by atoms with E-state index in [1.54, 1.807) is 0 Å². The lowest BCUT2D eigenvalue weighted by Gasteiger charge is -2.31. The van der Waals surface area contributed by atoms with E-state index < -0.39 is 0 Å². The number of hydrogen-bond donors (Lipinski definition) is 2. The van der Waals surface area contributed by atoms with Gasteiger partial charge in [0, 0.05) is 12.6 Å². The average molecular weight is 263 g/mol. The highest BCUT2D eigenvalue weighted by Crippen LogP contribution is 2.27. The van der Waals surface area contributed by atoms with E-state index >= 15 is 0 Å². The summed E-state index contributed by atoms with van der Waals surface area (Å²) in [6, 6.07) is 4.11. The van der Waals surface area contributed by atoms with Crippen molar-refractivity contribution in [3.63, 3.8) is 0 Å². The molecule has 0 heterocycles. The minimum absolute atomic E-state index is 0.0316. The van der Waals surface area contributed by atoms with Crippen LogP contribution in [-0.4, -0.2) is 40.5 Å². The van der Waals surface area contributed by atoms with Crippen LogP contribution in [0.25, 0.3) is 0 Å². The van der Waals surface area contributed by atoms with Crippen LogP contribution in [0.3, 0.4) is 0 Å². The van der Waals surface area contributed by atoms with Gasteiger partial charge >= 0.3 is 0 Å². The maximum atomic E-state index is 12.2. The highest BCUT2D eigenvalue weighted by atomic mass is 16.3. The molecule has 1 aromatic rings. The third-order valence-corrected chi connectivity index (χ3v) is 3.84. The second-order valence-electron chi connectivity index (χ2n) is 5.25. The topological polar surface area (TPSA) is 60.8 Å². The first kappa shape index (κ1) is 13.9. The first-order valence-electron chi connectivity index (χ1n) is 6.87. The minimum Gasteiger partial charge on any atom is -0.508 e. The van der Waals surface area contributed by atoms with E-state index in [1.165, 1.54) is 37.5 Å². The molecule has 1 aliphatic rings. The number of carbonyl (C=O) groups is 1. The smallest absolute Gasteiger partial charge is 0.180 e. The number of hydrogen-bond acceptors (Lipinski definition) is 4. The van der Waals surface area contributed by atoms with Crippen molar-refractivity contribution in [1.29, 1.82) is 0 Å². The predicted octanol–water partition coefficient (Wildman–Crippen LogP) is 2.40. The number of aromatic hydroxyl groups is 2. The van der Waals surface area contributed by atoms with Crippen molar-refractivity contribution >= 4 is 5.78 Å². The first-order chi connectivity index (χ1) is 9.10. The number of nitrogens with zero attached hydrogens (tertiary/aromatic N) is 1. The second kappa shape index (κ2) is 6.06. The molecule has 2 N–H and O–H groups in total. The van der Waals surface area contributed by atoms with E-state index in [1.807, 2.05) is 6.92 Å². The molecule has 4 nitrogen and oxygen atoms in total. The van der Waals surface area contributed by atoms with Crippen LogP contribution in [0.4, 0.5) is 0 Å². The summed E-state index contributed by atoms with van der Waals surface area (Å²) in [4.78, 5) is 14.3. The zero-order valence-electron chi connectivity index (χ0n) is 11.3. The van der Waals surface area contributed by atoms with Crippen LogP contribution in [-0.2, 0) is 0 Å². The summed E-state index contributed by atoms with van der Waals surface area (Å²) in [6.07, 6.45) is 3.82. The lowest BCUT2D eigenvalue weighted by atomic mass is 9.85. The molecule has 0 atom stereocenters. The normalized spacial score (nSPS) is 15.5. The number of phenolic OH excluding ortho intramolecular Hbond substituents is 2. The molecule has 1 aromatic carbocycles. The quantitative estimate of drug-likeness (QED) is 0.774. The Morgan fingerprint density at radius 3 is 2.63 bits per heavy atom. The molecule has 0 amide bonds. The van der Waals surface area contributed by atoms with E-state index in [0.29, 0.717) is 6.54 Å². The van der Waals surface area contributed by atoms with E-state index in [4.69, 9.17) is 0 Å². The van der Waals surface area contributed by atoms with E-state index in [-0.39, 0.29) is 22.8 Å². The van der Waals surface area contributed by atoms with Gasteiger partial charge in [-0.3, -0.25) is 9.69 Å². The number of Topliss-reactive ketones (excluding diaryl/α,β-unsaturated/α-hetero) is 1. The fourth-order valence-corrected chi connectivity index (χ4v) is 2.39. The highest BCUT2D eigenvalue weighted by molar-refractivity contribution is 6.00. The van der Waals surface area contributed by atoms with Gasteiger partial charge in [-0.15, -0.1) is 0 Å². The van der Waals surface area contributed by atoms with Gasteiger partial charge in [-0.1, -0.05) is 13.3 Å². The van der Waals surface area contributed by atoms with Gasteiger partial charge < -0.3 is 10.2 Å². The monoisotopic (exact) mass is 263 g/mol. The molecular weight excluding hydrogens is 242 g/mol. The third kappa shape index (κ3) is 3.47. The Morgan fingerprint density at radius 1 is 1.37 bits per heavy atom. The molecule has 0 saturated heterocycles. The zero-order valence-corrected chi connectivity index (χ0v) is 11.3. The van der Waals surface area contributed by atoms with Gasteiger partial charge in [0.2, 0.25) is 0 Å². The summed E-state index contributed by atoms with van der Waals surface area (Å²) in [7, 11) is 0. The molecular formula is C15H21NO3. The van der Waals surface area contributed by atoms with E-state index in [0.717, 1.165) is 19.0 Å². The Hall–Kier alpha value is -1.55. The molecule has 1 saturated carbocycles. The summed E-state index contributed by atoms with van der Waals surface area (Å²) < 4.78 is 0. The highest BCUT2D eigenvalue weighted by Gasteiger charge is 2.22. The lowest BCUT2D eigenvalue weighted by molar-refractivity contribution is 0.0902. The van der Waals surface area contributed by atoms with Crippen LogP contribution in [0.5, 0.6) is 11.5 Å². The van der Waals surface area contributed by atoms with Crippen molar-refractivity contribution in [1.82, 2.24) is 4.90 Å². The molecule has 0 bridgehead atoms. The average Bonchev–Trinajstić information content (AvgIpc) is 2.31. The Balaban J connectivity index is 1.97. The molecule has 4 heteroatoms. The molecule has 19 heavy (non-hydrogen) atoms. The summed E-state index contributed by atoms with van der Waals surface area (Å²) in [5.74, 6) is 0.445. The van der Waals surface area contributed by atoms with Gasteiger partial charge in [-0.2, -0.15) is 0 Å². The number of carbonyl (C=O) groups excluding carboxylic acids is 1. The standard InChI is InChI=1S/C15H21NO3/c1-2-16(9-11-4-3-5-11)10-15(19)13-7-6-12(17)8-14(13)18/h6-8,11,17-18H,2-5,9-10H2,1H3. The minimum atomic E-state index is -0.148. The van der Waals surface area contributed by atoms with Crippen LogP contribution in [0.15, 0.2) is 18.2 Å². The predicted molar refractivity (Wildman–Crippen MR) is 73.6 cm³/mol. The number of ketones is 1. The molecule has 2 rings (SSSR count). The van der Waals surface area contributed by atoms with Gasteiger partial charge in [-0.05, 0) is 37.4 Å². The number of rotatable bonds is 6.